The second kappa shape index (κ2) is 5.83. The maximum Gasteiger partial charge on any atom is 0.124 e. The molecule has 2 rings (SSSR count). The second-order valence-corrected chi connectivity index (χ2v) is 12.3. The average molecular weight is 317 g/mol. The highest BCUT2D eigenvalue weighted by Crippen LogP contribution is 2.27. The Morgan fingerprint density at radius 1 is 1.21 bits per heavy atom. The molecule has 104 valence electrons. The molecule has 0 radical (unpaired) electrons. The minimum absolute atomic E-state index is 0.499. The first-order valence-corrected chi connectivity index (χ1v) is 10.7. The molecule has 0 aliphatic carbocycles. The fourth-order valence-electron chi connectivity index (χ4n) is 1.70. The maximum atomic E-state index is 6.03. The van der Waals surface area contributed by atoms with Crippen LogP contribution < -0.4 is 0 Å². The normalized spacial score (nSPS) is 12.3. The number of rotatable bonds is 5. The lowest BCUT2D eigenvalue weighted by atomic mass is 10.3. The Hall–Kier alpha value is -0.553. The summed E-state index contributed by atoms with van der Waals surface area (Å²) in [7, 11) is -1.04. The molecule has 0 atom stereocenters. The van der Waals surface area contributed by atoms with Gasteiger partial charge in [-0.25, -0.2) is 4.98 Å². The number of fused-ring (bicyclic) bond motifs is 1. The highest BCUT2D eigenvalue weighted by molar-refractivity contribution is 6.76. The molecule has 3 nitrogen and oxygen atoms in total. The lowest BCUT2D eigenvalue weighted by Crippen LogP contribution is -2.21. The van der Waals surface area contributed by atoms with Crippen molar-refractivity contribution in [1.29, 1.82) is 0 Å². The summed E-state index contributed by atoms with van der Waals surface area (Å²) in [5.74, 6) is 0. The number of nitrogens with zero attached hydrogens (tertiary/aromatic N) is 2. The molecule has 19 heavy (non-hydrogen) atoms. The van der Waals surface area contributed by atoms with Gasteiger partial charge in [-0.3, -0.25) is 0 Å². The monoisotopic (exact) mass is 316 g/mol. The predicted octanol–water partition coefficient (Wildman–Crippen LogP) is 4.66. The quantitative estimate of drug-likeness (QED) is 0.592. The molecule has 0 amide bonds. The van der Waals surface area contributed by atoms with Crippen molar-refractivity contribution in [2.75, 3.05) is 6.61 Å². The Morgan fingerprint density at radius 2 is 1.89 bits per heavy atom. The van der Waals surface area contributed by atoms with E-state index in [9.17, 15) is 0 Å². The van der Waals surface area contributed by atoms with Crippen LogP contribution in [0.25, 0.3) is 11.0 Å². The van der Waals surface area contributed by atoms with E-state index in [1.54, 1.807) is 12.4 Å². The first-order valence-electron chi connectivity index (χ1n) is 6.24. The van der Waals surface area contributed by atoms with E-state index in [1.165, 1.54) is 0 Å². The topological polar surface area (TPSA) is 27.1 Å². The molecule has 6 heteroatoms. The Morgan fingerprint density at radius 3 is 2.58 bits per heavy atom. The third kappa shape index (κ3) is 3.95. The summed E-state index contributed by atoms with van der Waals surface area (Å²) in [5.41, 5.74) is 1.78. The molecule has 0 saturated heterocycles. The summed E-state index contributed by atoms with van der Waals surface area (Å²) in [6.07, 6.45) is 1.76. The van der Waals surface area contributed by atoms with Crippen molar-refractivity contribution < 1.29 is 4.74 Å². The summed E-state index contributed by atoms with van der Waals surface area (Å²) in [6, 6.07) is 4.76. The highest BCUT2D eigenvalue weighted by atomic mass is 35.5. The summed E-state index contributed by atoms with van der Waals surface area (Å²) >= 11 is 12.0. The van der Waals surface area contributed by atoms with Crippen molar-refractivity contribution in [3.8, 4) is 0 Å². The standard InChI is InChI=1S/C13H18Cl2N2OSi/c1-19(2,3)5-4-18-9-17-8-16-12-6-10(14)11(15)7-13(12)17/h6-8H,4-5,9H2,1-3H3. The molecule has 2 aromatic rings. The summed E-state index contributed by atoms with van der Waals surface area (Å²) in [6.45, 7) is 8.30. The number of hydrogen-bond acceptors (Lipinski definition) is 2. The molecule has 0 saturated carbocycles. The van der Waals surface area contributed by atoms with Crippen molar-refractivity contribution in [3.63, 3.8) is 0 Å². The Kier molecular flexibility index (Phi) is 4.56. The van der Waals surface area contributed by atoms with E-state index in [1.807, 2.05) is 10.6 Å². The van der Waals surface area contributed by atoms with E-state index in [0.29, 0.717) is 16.8 Å². The molecule has 1 heterocycles. The van der Waals surface area contributed by atoms with Gasteiger partial charge in [0.25, 0.3) is 0 Å². The van der Waals surface area contributed by atoms with Crippen LogP contribution in [-0.2, 0) is 11.5 Å². The van der Waals surface area contributed by atoms with Gasteiger partial charge in [0.2, 0.25) is 0 Å². The highest BCUT2D eigenvalue weighted by Gasteiger charge is 2.12. The van der Waals surface area contributed by atoms with Crippen LogP contribution in [0.4, 0.5) is 0 Å². The summed E-state index contributed by atoms with van der Waals surface area (Å²) in [5, 5.41) is 1.07. The van der Waals surface area contributed by atoms with Crippen LogP contribution in [0, 0.1) is 0 Å². The molecule has 0 bridgehead atoms. The van der Waals surface area contributed by atoms with Crippen molar-refractivity contribution in [3.05, 3.63) is 28.5 Å². The molecule has 0 fully saturated rings. The van der Waals surface area contributed by atoms with Gasteiger partial charge in [-0.05, 0) is 18.2 Å². The average Bonchev–Trinajstić information content (AvgIpc) is 2.67. The fraction of sp³-hybridized carbons (Fsp3) is 0.462. The zero-order chi connectivity index (χ0) is 14.0. The number of ether oxygens (including phenoxy) is 1. The summed E-state index contributed by atoms with van der Waals surface area (Å²) in [4.78, 5) is 4.30. The molecular weight excluding hydrogens is 299 g/mol. The van der Waals surface area contributed by atoms with Gasteiger partial charge >= 0.3 is 0 Å². The van der Waals surface area contributed by atoms with Gasteiger partial charge < -0.3 is 9.30 Å². The minimum Gasteiger partial charge on any atom is -0.361 e. The SMILES string of the molecule is C[Si](C)(C)CCOCn1cnc2cc(Cl)c(Cl)cc21. The summed E-state index contributed by atoms with van der Waals surface area (Å²) < 4.78 is 7.66. The maximum absolute atomic E-state index is 6.03. The van der Waals surface area contributed by atoms with Gasteiger partial charge in [0.05, 0.1) is 27.4 Å². The third-order valence-electron chi connectivity index (χ3n) is 2.89. The van der Waals surface area contributed by atoms with E-state index in [0.717, 1.165) is 23.7 Å². The van der Waals surface area contributed by atoms with E-state index in [-0.39, 0.29) is 0 Å². The Labute approximate surface area is 124 Å². The molecule has 1 aromatic carbocycles. The number of hydrogen-bond donors (Lipinski definition) is 0. The number of imidazole rings is 1. The molecule has 0 spiro atoms. The van der Waals surface area contributed by atoms with Crippen molar-refractivity contribution in [1.82, 2.24) is 9.55 Å². The molecule has 0 aliphatic heterocycles. The van der Waals surface area contributed by atoms with E-state index < -0.39 is 8.07 Å². The van der Waals surface area contributed by atoms with Crippen molar-refractivity contribution >= 4 is 42.3 Å². The van der Waals surface area contributed by atoms with Crippen LogP contribution >= 0.6 is 23.2 Å². The lowest BCUT2D eigenvalue weighted by molar-refractivity contribution is 0.0898. The number of aromatic nitrogens is 2. The Balaban J connectivity index is 2.03. The predicted molar refractivity (Wildman–Crippen MR) is 83.9 cm³/mol. The van der Waals surface area contributed by atoms with E-state index in [4.69, 9.17) is 27.9 Å². The van der Waals surface area contributed by atoms with Gasteiger partial charge in [-0.15, -0.1) is 0 Å². The number of halogens is 2. The van der Waals surface area contributed by atoms with E-state index in [2.05, 4.69) is 24.6 Å². The lowest BCUT2D eigenvalue weighted by Gasteiger charge is -2.15. The zero-order valence-electron chi connectivity index (χ0n) is 11.4. The smallest absolute Gasteiger partial charge is 0.124 e. The molecule has 0 N–H and O–H groups in total. The second-order valence-electron chi connectivity index (χ2n) is 5.82. The van der Waals surface area contributed by atoms with Gasteiger partial charge in [0, 0.05) is 14.7 Å². The van der Waals surface area contributed by atoms with Gasteiger partial charge in [0.15, 0.2) is 0 Å². The first-order chi connectivity index (χ1) is 8.87. The van der Waals surface area contributed by atoms with E-state index >= 15 is 0 Å². The van der Waals surface area contributed by atoms with Crippen LogP contribution in [0.15, 0.2) is 18.5 Å². The van der Waals surface area contributed by atoms with Gasteiger partial charge in [0.1, 0.15) is 6.73 Å². The van der Waals surface area contributed by atoms with Crippen molar-refractivity contribution in [2.24, 2.45) is 0 Å². The zero-order valence-corrected chi connectivity index (χ0v) is 13.9. The fourth-order valence-corrected chi connectivity index (χ4v) is 2.77. The van der Waals surface area contributed by atoms with Crippen LogP contribution in [0.1, 0.15) is 0 Å². The minimum atomic E-state index is -1.04. The van der Waals surface area contributed by atoms with Crippen LogP contribution in [0.2, 0.25) is 35.7 Å². The number of benzene rings is 1. The molecule has 1 aromatic heterocycles. The van der Waals surface area contributed by atoms with Crippen LogP contribution in [-0.4, -0.2) is 24.2 Å². The van der Waals surface area contributed by atoms with Gasteiger partial charge in [-0.2, -0.15) is 0 Å². The molecule has 0 aliphatic rings. The van der Waals surface area contributed by atoms with Crippen LogP contribution in [0.5, 0.6) is 0 Å². The largest absolute Gasteiger partial charge is 0.361 e. The van der Waals surface area contributed by atoms with Crippen molar-refractivity contribution in [2.45, 2.75) is 32.4 Å². The first kappa shape index (κ1) is 14.8. The third-order valence-corrected chi connectivity index (χ3v) is 5.32. The Bertz CT molecular complexity index is 578. The van der Waals surface area contributed by atoms with Crippen LogP contribution in [0.3, 0.4) is 0 Å². The molecular formula is C13H18Cl2N2OSi. The van der Waals surface area contributed by atoms with Gasteiger partial charge in [-0.1, -0.05) is 42.8 Å². The molecule has 0 unspecified atom stereocenters.